The van der Waals surface area contributed by atoms with Crippen LogP contribution < -0.4 is 51.7 Å². The second-order valence-electron chi connectivity index (χ2n) is 30.5. The molecule has 4 heterocycles. The van der Waals surface area contributed by atoms with Gasteiger partial charge in [0.05, 0.1) is 57.3 Å². The van der Waals surface area contributed by atoms with Crippen molar-refractivity contribution < 1.29 is 102 Å². The van der Waals surface area contributed by atoms with Crippen LogP contribution >= 0.6 is 43.5 Å². The number of amides is 1. The molecule has 0 atom stereocenters. The number of aromatic hydroxyl groups is 1. The lowest BCUT2D eigenvalue weighted by Crippen LogP contribution is -2.12. The fourth-order valence-corrected chi connectivity index (χ4v) is 14.2. The quantitative estimate of drug-likeness (QED) is 0.0141. The van der Waals surface area contributed by atoms with Gasteiger partial charge >= 0.3 is 0 Å². The van der Waals surface area contributed by atoms with Gasteiger partial charge in [-0.3, -0.25) is 59.1 Å². The van der Waals surface area contributed by atoms with E-state index in [2.05, 4.69) is 55.3 Å². The largest absolute Gasteiger partial charge is 0.505 e. The highest BCUT2D eigenvalue weighted by Crippen LogP contribution is 2.40. The van der Waals surface area contributed by atoms with Crippen LogP contribution in [-0.4, -0.2) is 61.9 Å². The van der Waals surface area contributed by atoms with Crippen LogP contribution in [0.3, 0.4) is 0 Å². The average Bonchev–Trinajstić information content (AvgIpc) is 0.769. The number of non-ortho nitro benzene ring substituents is 3. The minimum absolute atomic E-state index is 0.0669. The first-order chi connectivity index (χ1) is 70.5. The van der Waals surface area contributed by atoms with Crippen LogP contribution in [0.25, 0.3) is 60.7 Å². The number of carbonyl (C=O) groups is 2. The van der Waals surface area contributed by atoms with Crippen LogP contribution in [0.5, 0.6) is 51.7 Å². The van der Waals surface area contributed by atoms with E-state index in [1.54, 1.807) is 150 Å². The van der Waals surface area contributed by atoms with E-state index < -0.39 is 95.7 Å². The molecule has 0 unspecified atom stereocenters. The Bertz CT molecular complexity index is 8380. The number of aryl methyl sites for hydroxylation is 4. The Kier molecular flexibility index (Phi) is 39.2. The number of benzene rings is 14. The van der Waals surface area contributed by atoms with Crippen molar-refractivity contribution in [3.63, 3.8) is 0 Å². The number of para-hydroxylation sites is 4. The molecule has 0 aliphatic carbocycles. The summed E-state index contributed by atoms with van der Waals surface area (Å²) in [6.45, 7) is 13.4. The van der Waals surface area contributed by atoms with E-state index in [4.69, 9.17) is 46.5 Å². The molecule has 0 radical (unpaired) electrons. The van der Waals surface area contributed by atoms with Crippen molar-refractivity contribution in [3.05, 3.63) is 496 Å². The number of rotatable bonds is 17. The predicted molar refractivity (Wildman–Crippen MR) is 547 cm³/mol. The molecule has 0 saturated carbocycles. The van der Waals surface area contributed by atoms with Crippen molar-refractivity contribution in [1.82, 2.24) is 18.7 Å². The summed E-state index contributed by atoms with van der Waals surface area (Å²) in [5.74, 6) is -9.26. The van der Waals surface area contributed by atoms with E-state index in [1.165, 1.54) is 54.7 Å². The standard InChI is InChI=1S/C25H18F2N2O3.C22H14F2N2O4.C22H16F2N2O2.C12H6BrF2NO3.C10H9NO.C6H3BrFNO2.C6H4F2O.C3H3ClO.CH4O/c1-3-24(30)28-17-9-11-23(32-22-10-8-16(26)12-19(22)27)21(13-17)29-14-15(2)25(31)18-6-4-5-7-20(18)29;1-13-12-25(18-5-3-2-4-16(18)22(13)27)19-11-15(26(28)29)7-9-21(19)30-20-8-6-14(23)10-17(20)24;1-13-12-26(18-5-3-2-4-16(18)22(13)27)19-11-15(25)7-9-21(19)28-20-8-6-14(23)10-17(20)24;13-9-6-8(16(17)18)2-4-11(9)19-12-3-1-7(14)5-10(12)15;1-7-6-11-9-5-3-2-4-8(9)10(7)12;7-5-3-4(9(10)11)1-2-6(5)8;7-4-1-2-6(9)5(8)3-4;1-2-3(4)5;1-2/h3-14H,1H2,2H3,(H,28,30);2-12H,1H3;2-12H,25H2,1H3;1-6H;2-6H,1H3,(H,11,12);1-3H;1-3,9H;2H,1H2;2H,1H3. The molecule has 18 aromatic rings. The zero-order chi connectivity index (χ0) is 108. The number of nitro groups is 3. The summed E-state index contributed by atoms with van der Waals surface area (Å²) < 4.78 is 173. The Morgan fingerprint density at radius 2 is 0.703 bits per heavy atom. The first-order valence-electron chi connectivity index (χ1n) is 42.6. The average molecular weight is 2180 g/mol. The molecule has 41 heteroatoms. The normalized spacial score (nSPS) is 10.3. The van der Waals surface area contributed by atoms with Crippen molar-refractivity contribution in [1.29, 1.82) is 0 Å². The number of ether oxygens (including phenoxy) is 4. The molecule has 0 aliphatic heterocycles. The lowest BCUT2D eigenvalue weighted by atomic mass is 10.1. The number of anilines is 2. The summed E-state index contributed by atoms with van der Waals surface area (Å²) in [4.78, 5) is 104. The SMILES string of the molecule is C=CC(=O)Cl.C=CC(=O)Nc1ccc(Oc2ccc(F)cc2F)c(-n2cc(C)c(=O)c3ccccc32)c1.CO.Cc1c[nH]c2ccccc2c1=O.Cc1cn(-c2cc(N)ccc2Oc2ccc(F)cc2F)c2ccccc2c1=O.Cc1cn(-c2cc([N+](=O)[O-])ccc2Oc2ccc(F)cc2F)c2ccccc2c1=O.O=[N+]([O-])c1ccc(F)c(Br)c1.O=[N+]([O-])c1ccc(Oc2ccc(F)cc2F)c(Br)c1.Oc1ccc(F)cc1F. The molecule has 148 heavy (non-hydrogen) atoms. The highest BCUT2D eigenvalue weighted by Gasteiger charge is 2.23. The van der Waals surface area contributed by atoms with Gasteiger partial charge in [0.1, 0.15) is 40.7 Å². The number of pyridine rings is 4. The Morgan fingerprint density at radius 3 is 1.07 bits per heavy atom. The van der Waals surface area contributed by atoms with Crippen LogP contribution in [0.15, 0.2) is 357 Å². The molecule has 4 aromatic heterocycles. The van der Waals surface area contributed by atoms with Crippen molar-refractivity contribution >= 4 is 127 Å². The van der Waals surface area contributed by atoms with Crippen molar-refractivity contribution in [2.24, 2.45) is 0 Å². The van der Waals surface area contributed by atoms with Gasteiger partial charge in [0, 0.05) is 159 Å². The van der Waals surface area contributed by atoms with Gasteiger partial charge in [-0.05, 0) is 247 Å². The van der Waals surface area contributed by atoms with Gasteiger partial charge in [0.25, 0.3) is 17.1 Å². The van der Waals surface area contributed by atoms with Crippen LogP contribution in [0.2, 0.25) is 0 Å². The van der Waals surface area contributed by atoms with E-state index in [0.29, 0.717) is 101 Å². The number of H-pyrrole nitrogens is 1. The number of aliphatic hydroxyl groups excluding tert-OH is 1. The smallest absolute Gasteiger partial charge is 0.271 e. The van der Waals surface area contributed by atoms with E-state index in [-0.39, 0.29) is 89.2 Å². The molecule has 14 aromatic carbocycles. The summed E-state index contributed by atoms with van der Waals surface area (Å²) >= 11 is 10.6. The minimum atomic E-state index is -0.935. The lowest BCUT2D eigenvalue weighted by molar-refractivity contribution is -0.385. The summed E-state index contributed by atoms with van der Waals surface area (Å²) in [6, 6.07) is 63.5. The lowest BCUT2D eigenvalue weighted by Gasteiger charge is -2.18. The van der Waals surface area contributed by atoms with Crippen LogP contribution in [0.1, 0.15) is 22.3 Å². The fourth-order valence-electron chi connectivity index (χ4n) is 13.3. The number of aromatic amines is 1. The molecule has 6 N–H and O–H groups in total. The second kappa shape index (κ2) is 51.8. The number of hydrogen-bond donors (Lipinski definition) is 5. The number of hydrogen-bond acceptors (Lipinski definition) is 19. The maximum Gasteiger partial charge on any atom is 0.271 e. The van der Waals surface area contributed by atoms with E-state index in [0.717, 1.165) is 115 Å². The van der Waals surface area contributed by atoms with Crippen molar-refractivity contribution in [2.45, 2.75) is 27.7 Å². The zero-order valence-corrected chi connectivity index (χ0v) is 81.3. The number of aliphatic hydroxyl groups is 1. The number of nitrogens with one attached hydrogen (secondary N) is 2. The monoisotopic (exact) mass is 2180 g/mol. The molecule has 18 rings (SSSR count). The van der Waals surface area contributed by atoms with Crippen molar-refractivity contribution in [3.8, 4) is 68.8 Å². The molecule has 756 valence electrons. The van der Waals surface area contributed by atoms with E-state index in [9.17, 15) is 107 Å². The number of nitrogens with zero attached hydrogens (tertiary/aromatic N) is 6. The Labute approximate surface area is 852 Å². The summed E-state index contributed by atoms with van der Waals surface area (Å²) in [6.07, 6.45) is 8.79. The number of halogens is 14. The van der Waals surface area contributed by atoms with Crippen LogP contribution in [-0.2, 0) is 9.59 Å². The molecule has 27 nitrogen and oxygen atoms in total. The van der Waals surface area contributed by atoms with Gasteiger partial charge in [0.2, 0.25) is 11.1 Å². The maximum atomic E-state index is 14.3. The number of carbonyl (C=O) groups excluding carboxylic acids is 2. The number of nitro benzene ring substituents is 3. The molecule has 1 amide bonds. The summed E-state index contributed by atoms with van der Waals surface area (Å²) in [5, 5.41) is 51.9. The van der Waals surface area contributed by atoms with Gasteiger partial charge in [-0.2, -0.15) is 0 Å². The number of nitrogen functional groups attached to an aromatic ring is 1. The van der Waals surface area contributed by atoms with Crippen LogP contribution in [0.4, 0.5) is 76.7 Å². The third-order valence-electron chi connectivity index (χ3n) is 20.3. The molecular formula is C107H77Br2ClF11N9O18. The molecule has 0 saturated heterocycles. The predicted octanol–water partition coefficient (Wildman–Crippen LogP) is 26.7. The summed E-state index contributed by atoms with van der Waals surface area (Å²) in [5.41, 5.74) is 12.2. The first kappa shape index (κ1) is 112. The maximum absolute atomic E-state index is 14.3. The third-order valence-corrected chi connectivity index (χ3v) is 21.7. The topological polar surface area (TPSA) is 378 Å². The zero-order valence-electron chi connectivity index (χ0n) is 77.4. The van der Waals surface area contributed by atoms with Gasteiger partial charge < -0.3 is 58.9 Å². The van der Waals surface area contributed by atoms with Gasteiger partial charge in [0.15, 0.2) is 96.8 Å². The number of nitrogens with two attached hydrogens (primary N) is 1. The van der Waals surface area contributed by atoms with E-state index in [1.807, 2.05) is 43.3 Å². The minimum Gasteiger partial charge on any atom is -0.505 e. The molecule has 0 aliphatic rings. The second-order valence-corrected chi connectivity index (χ2v) is 32.6. The van der Waals surface area contributed by atoms with Crippen molar-refractivity contribution in [2.75, 3.05) is 18.2 Å². The van der Waals surface area contributed by atoms with Gasteiger partial charge in [-0.25, -0.2) is 48.3 Å². The van der Waals surface area contributed by atoms with Gasteiger partial charge in [-0.15, -0.1) is 0 Å². The molecule has 0 spiro atoms. The highest BCUT2D eigenvalue weighted by atomic mass is 79.9. The number of allylic oxidation sites excluding steroid dienone is 1. The molecule has 0 fully saturated rings. The fraction of sp³-hybridized carbons (Fsp3) is 0.0467. The first-order valence-corrected chi connectivity index (χ1v) is 44.6. The third kappa shape index (κ3) is 29.4. The highest BCUT2D eigenvalue weighted by molar-refractivity contribution is 9.10. The van der Waals surface area contributed by atoms with E-state index >= 15 is 0 Å². The molecule has 0 bridgehead atoms. The number of aromatic nitrogens is 4. The molecular weight excluding hydrogens is 2100 g/mol. The number of fused-ring (bicyclic) bond motifs is 4. The Morgan fingerprint density at radius 1 is 0.385 bits per heavy atom. The number of phenols is 1. The number of phenolic OH excluding ortho intramolecular Hbond substituents is 1. The Balaban J connectivity index is 0.000000181. The van der Waals surface area contributed by atoms with Crippen LogP contribution in [0, 0.1) is 122 Å². The van der Waals surface area contributed by atoms with Gasteiger partial charge in [-0.1, -0.05) is 61.7 Å². The Hall–Kier alpha value is -18.0. The summed E-state index contributed by atoms with van der Waals surface area (Å²) in [7, 11) is 1.00.